The highest BCUT2D eigenvalue weighted by Crippen LogP contribution is 2.22. The van der Waals surface area contributed by atoms with E-state index < -0.39 is 0 Å². The average molecular weight is 290 g/mol. The van der Waals surface area contributed by atoms with Gasteiger partial charge in [0.25, 0.3) is 5.91 Å². The topological polar surface area (TPSA) is 29.1 Å². The van der Waals surface area contributed by atoms with Gasteiger partial charge >= 0.3 is 0 Å². The molecule has 0 aliphatic carbocycles. The normalized spacial score (nSPS) is 14.7. The Balaban J connectivity index is 2.60. The first-order valence-electron chi connectivity index (χ1n) is 5.10. The van der Waals surface area contributed by atoms with Gasteiger partial charge in [0.1, 0.15) is 4.88 Å². The first kappa shape index (κ1) is 12.7. The van der Waals surface area contributed by atoms with Crippen molar-refractivity contribution in [2.24, 2.45) is 5.92 Å². The summed E-state index contributed by atoms with van der Waals surface area (Å²) < 4.78 is 0.876. The van der Waals surface area contributed by atoms with Crippen molar-refractivity contribution in [3.63, 3.8) is 0 Å². The van der Waals surface area contributed by atoms with Gasteiger partial charge in [-0.15, -0.1) is 11.3 Å². The summed E-state index contributed by atoms with van der Waals surface area (Å²) in [6.45, 7) is 6.33. The lowest BCUT2D eigenvalue weighted by Crippen LogP contribution is -2.36. The maximum Gasteiger partial charge on any atom is 0.262 e. The highest BCUT2D eigenvalue weighted by atomic mass is 79.9. The van der Waals surface area contributed by atoms with Crippen molar-refractivity contribution >= 4 is 33.2 Å². The summed E-state index contributed by atoms with van der Waals surface area (Å²) in [6.07, 6.45) is 1.08. The third kappa shape index (κ3) is 3.31. The second kappa shape index (κ2) is 5.66. The minimum atomic E-state index is 0.0182. The maximum atomic E-state index is 11.8. The quantitative estimate of drug-likeness (QED) is 0.900. The number of halogens is 1. The molecule has 0 aliphatic heterocycles. The van der Waals surface area contributed by atoms with Crippen molar-refractivity contribution in [2.45, 2.75) is 33.2 Å². The molecular formula is C11H16BrNOS. The number of hydrogen-bond donors (Lipinski definition) is 1. The molecule has 0 bridgehead atoms. The van der Waals surface area contributed by atoms with Crippen molar-refractivity contribution in [1.29, 1.82) is 0 Å². The van der Waals surface area contributed by atoms with E-state index in [-0.39, 0.29) is 11.9 Å². The Morgan fingerprint density at radius 1 is 1.60 bits per heavy atom. The zero-order valence-corrected chi connectivity index (χ0v) is 11.6. The fraction of sp³-hybridized carbons (Fsp3) is 0.545. The Morgan fingerprint density at radius 2 is 2.27 bits per heavy atom. The molecule has 0 aromatic carbocycles. The lowest BCUT2D eigenvalue weighted by Gasteiger charge is -2.19. The summed E-state index contributed by atoms with van der Waals surface area (Å²) in [7, 11) is 0. The zero-order valence-electron chi connectivity index (χ0n) is 9.21. The van der Waals surface area contributed by atoms with Crippen molar-refractivity contribution in [3.05, 3.63) is 20.8 Å². The third-order valence-electron chi connectivity index (χ3n) is 2.68. The summed E-state index contributed by atoms with van der Waals surface area (Å²) in [4.78, 5) is 12.6. The average Bonchev–Trinajstić information content (AvgIpc) is 2.63. The van der Waals surface area contributed by atoms with Gasteiger partial charge in [-0.1, -0.05) is 20.3 Å². The molecule has 2 unspecified atom stereocenters. The molecule has 1 rings (SSSR count). The second-order valence-electron chi connectivity index (χ2n) is 3.75. The molecule has 84 valence electrons. The van der Waals surface area contributed by atoms with Crippen LogP contribution in [0, 0.1) is 5.92 Å². The van der Waals surface area contributed by atoms with E-state index in [0.717, 1.165) is 15.8 Å². The van der Waals surface area contributed by atoms with Crippen LogP contribution in [0.2, 0.25) is 0 Å². The number of rotatable bonds is 4. The molecule has 1 aromatic heterocycles. The van der Waals surface area contributed by atoms with E-state index in [1.54, 1.807) is 0 Å². The molecule has 0 radical (unpaired) electrons. The van der Waals surface area contributed by atoms with E-state index in [1.165, 1.54) is 11.3 Å². The minimum Gasteiger partial charge on any atom is -0.349 e. The van der Waals surface area contributed by atoms with E-state index in [2.05, 4.69) is 35.1 Å². The van der Waals surface area contributed by atoms with Crippen molar-refractivity contribution in [2.75, 3.05) is 0 Å². The number of carbonyl (C=O) groups is 1. The molecule has 0 saturated heterocycles. The van der Waals surface area contributed by atoms with Crippen molar-refractivity contribution in [1.82, 2.24) is 5.32 Å². The van der Waals surface area contributed by atoms with Gasteiger partial charge in [0.15, 0.2) is 0 Å². The first-order valence-corrected chi connectivity index (χ1v) is 6.77. The van der Waals surface area contributed by atoms with E-state index >= 15 is 0 Å². The SMILES string of the molecule is CCC(C)C(C)NC(=O)c1sccc1Br. The number of thiophene rings is 1. The summed E-state index contributed by atoms with van der Waals surface area (Å²) in [6, 6.07) is 2.12. The van der Waals surface area contributed by atoms with E-state index in [9.17, 15) is 4.79 Å². The monoisotopic (exact) mass is 289 g/mol. The highest BCUT2D eigenvalue weighted by Gasteiger charge is 2.16. The Morgan fingerprint density at radius 3 is 2.73 bits per heavy atom. The number of amides is 1. The van der Waals surface area contributed by atoms with Crippen LogP contribution in [-0.4, -0.2) is 11.9 Å². The summed E-state index contributed by atoms with van der Waals surface area (Å²) >= 11 is 4.82. The summed E-state index contributed by atoms with van der Waals surface area (Å²) in [5.41, 5.74) is 0. The molecule has 1 aromatic rings. The zero-order chi connectivity index (χ0) is 11.4. The van der Waals surface area contributed by atoms with Crippen molar-refractivity contribution < 1.29 is 4.79 Å². The van der Waals surface area contributed by atoms with Crippen LogP contribution in [0.3, 0.4) is 0 Å². The molecule has 0 saturated carbocycles. The molecule has 1 N–H and O–H groups in total. The molecule has 15 heavy (non-hydrogen) atoms. The lowest BCUT2D eigenvalue weighted by molar-refractivity contribution is 0.0931. The predicted octanol–water partition coefficient (Wildman–Crippen LogP) is 3.68. The third-order valence-corrected chi connectivity index (χ3v) is 4.52. The molecule has 4 heteroatoms. The molecular weight excluding hydrogens is 274 g/mol. The fourth-order valence-electron chi connectivity index (χ4n) is 1.22. The van der Waals surface area contributed by atoms with Gasteiger partial charge in [0.05, 0.1) is 0 Å². The van der Waals surface area contributed by atoms with Crippen LogP contribution in [0.25, 0.3) is 0 Å². The molecule has 1 amide bonds. The predicted molar refractivity (Wildman–Crippen MR) is 68.4 cm³/mol. The first-order chi connectivity index (χ1) is 7.06. The van der Waals surface area contributed by atoms with Gasteiger partial charge in [-0.25, -0.2) is 0 Å². The van der Waals surface area contributed by atoms with Crippen LogP contribution in [0.1, 0.15) is 36.9 Å². The summed E-state index contributed by atoms with van der Waals surface area (Å²) in [5.74, 6) is 0.525. The van der Waals surface area contributed by atoms with Crippen LogP contribution in [-0.2, 0) is 0 Å². The van der Waals surface area contributed by atoms with Crippen LogP contribution in [0.4, 0.5) is 0 Å². The molecule has 1 heterocycles. The van der Waals surface area contributed by atoms with Crippen LogP contribution >= 0.6 is 27.3 Å². The smallest absolute Gasteiger partial charge is 0.262 e. The largest absolute Gasteiger partial charge is 0.349 e. The van der Waals surface area contributed by atoms with E-state index in [1.807, 2.05) is 18.4 Å². The number of hydrogen-bond acceptors (Lipinski definition) is 2. The minimum absolute atomic E-state index is 0.0182. The molecule has 0 spiro atoms. The Bertz CT molecular complexity index is 337. The Labute approximate surface area is 103 Å². The van der Waals surface area contributed by atoms with Gasteiger partial charge < -0.3 is 5.32 Å². The van der Waals surface area contributed by atoms with Crippen molar-refractivity contribution in [3.8, 4) is 0 Å². The molecule has 2 nitrogen and oxygen atoms in total. The van der Waals surface area contributed by atoms with E-state index in [0.29, 0.717) is 5.92 Å². The highest BCUT2D eigenvalue weighted by molar-refractivity contribution is 9.10. The maximum absolute atomic E-state index is 11.8. The van der Waals surface area contributed by atoms with Gasteiger partial charge in [-0.05, 0) is 40.2 Å². The van der Waals surface area contributed by atoms with Gasteiger partial charge in [0, 0.05) is 10.5 Å². The Hall–Kier alpha value is -0.350. The molecule has 0 aliphatic rings. The Kier molecular flexibility index (Phi) is 4.80. The molecule has 2 atom stereocenters. The van der Waals surface area contributed by atoms with Crippen LogP contribution < -0.4 is 5.32 Å². The second-order valence-corrected chi connectivity index (χ2v) is 5.52. The van der Waals surface area contributed by atoms with Crippen LogP contribution in [0.15, 0.2) is 15.9 Å². The standard InChI is InChI=1S/C11H16BrNOS/c1-4-7(2)8(3)13-11(14)10-9(12)5-6-15-10/h5-8H,4H2,1-3H3,(H,13,14). The van der Waals surface area contributed by atoms with E-state index in [4.69, 9.17) is 0 Å². The number of carbonyl (C=O) groups excluding carboxylic acids is 1. The summed E-state index contributed by atoms with van der Waals surface area (Å²) in [5, 5.41) is 4.92. The van der Waals surface area contributed by atoms with Gasteiger partial charge in [0.2, 0.25) is 0 Å². The van der Waals surface area contributed by atoms with Gasteiger partial charge in [-0.2, -0.15) is 0 Å². The fourth-order valence-corrected chi connectivity index (χ4v) is 2.68. The number of nitrogens with one attached hydrogen (secondary N) is 1. The molecule has 0 fully saturated rings. The van der Waals surface area contributed by atoms with Crippen LogP contribution in [0.5, 0.6) is 0 Å². The van der Waals surface area contributed by atoms with Gasteiger partial charge in [-0.3, -0.25) is 4.79 Å². The lowest BCUT2D eigenvalue weighted by atomic mass is 10.0.